The Kier molecular flexibility index (Phi) is 6.31. The van der Waals surface area contributed by atoms with E-state index in [2.05, 4.69) is 21.7 Å². The zero-order valence-electron chi connectivity index (χ0n) is 15.8. The highest BCUT2D eigenvalue weighted by Gasteiger charge is 2.16. The molecule has 0 unspecified atom stereocenters. The third-order valence-electron chi connectivity index (χ3n) is 4.09. The maximum Gasteiger partial charge on any atom is 0.238 e. The molecule has 0 saturated carbocycles. The van der Waals surface area contributed by atoms with E-state index in [-0.39, 0.29) is 17.0 Å². The lowest BCUT2D eigenvalue weighted by molar-refractivity contribution is -0.115. The van der Waals surface area contributed by atoms with Crippen molar-refractivity contribution in [2.75, 3.05) is 17.2 Å². The number of ether oxygens (including phenoxy) is 1. The van der Waals surface area contributed by atoms with E-state index < -0.39 is 11.7 Å². The van der Waals surface area contributed by atoms with Gasteiger partial charge in [-0.2, -0.15) is 10.5 Å². The Morgan fingerprint density at radius 3 is 2.77 bits per heavy atom. The summed E-state index contributed by atoms with van der Waals surface area (Å²) in [5, 5.41) is 24.4. The fraction of sp³-hybridized carbons (Fsp3) is 0.143. The van der Waals surface area contributed by atoms with Gasteiger partial charge in [0, 0.05) is 23.3 Å². The molecule has 9 heteroatoms. The molecule has 1 amide bonds. The Balaban J connectivity index is 2.16. The summed E-state index contributed by atoms with van der Waals surface area (Å²) in [7, 11) is 0. The molecule has 2 N–H and O–H groups in total. The number of carbonyl (C=O) groups excluding carboxylic acids is 1. The molecular formula is C21H15ClFN5O2. The van der Waals surface area contributed by atoms with Crippen LogP contribution in [-0.4, -0.2) is 17.5 Å². The average molecular weight is 424 g/mol. The number of pyridine rings is 1. The summed E-state index contributed by atoms with van der Waals surface area (Å²) >= 11 is 5.86. The van der Waals surface area contributed by atoms with Crippen molar-refractivity contribution in [3.63, 3.8) is 0 Å². The molecule has 0 aliphatic rings. The summed E-state index contributed by atoms with van der Waals surface area (Å²) in [4.78, 5) is 16.2. The minimum absolute atomic E-state index is 0.0695. The molecule has 1 aromatic heterocycles. The summed E-state index contributed by atoms with van der Waals surface area (Å²) in [6.07, 6.45) is 1.08. The van der Waals surface area contributed by atoms with E-state index in [9.17, 15) is 14.4 Å². The summed E-state index contributed by atoms with van der Waals surface area (Å²) in [5.41, 5.74) is 1.95. The van der Waals surface area contributed by atoms with E-state index in [0.29, 0.717) is 40.3 Å². The second kappa shape index (κ2) is 9.08. The van der Waals surface area contributed by atoms with Crippen LogP contribution in [0.25, 0.3) is 10.9 Å². The summed E-state index contributed by atoms with van der Waals surface area (Å²) in [6.45, 7) is 2.14. The molecule has 0 fully saturated rings. The van der Waals surface area contributed by atoms with Crippen molar-refractivity contribution >= 4 is 45.5 Å². The molecule has 2 aromatic carbocycles. The van der Waals surface area contributed by atoms with Gasteiger partial charge < -0.3 is 15.4 Å². The fourth-order valence-electron chi connectivity index (χ4n) is 2.80. The predicted octanol–water partition coefficient (Wildman–Crippen LogP) is 4.89. The van der Waals surface area contributed by atoms with Crippen LogP contribution in [-0.2, 0) is 4.79 Å². The predicted molar refractivity (Wildman–Crippen MR) is 111 cm³/mol. The first-order chi connectivity index (χ1) is 14.5. The highest BCUT2D eigenvalue weighted by atomic mass is 35.5. The van der Waals surface area contributed by atoms with Crippen LogP contribution in [0.2, 0.25) is 5.02 Å². The molecule has 0 aliphatic heterocycles. The van der Waals surface area contributed by atoms with Crippen LogP contribution in [0.1, 0.15) is 18.9 Å². The number of hydrogen-bond donors (Lipinski definition) is 2. The summed E-state index contributed by atoms with van der Waals surface area (Å²) in [5.74, 6) is -0.683. The number of halogens is 2. The van der Waals surface area contributed by atoms with Gasteiger partial charge in [-0.05, 0) is 31.2 Å². The monoisotopic (exact) mass is 423 g/mol. The number of fused-ring (bicyclic) bond motifs is 1. The normalized spacial score (nSPS) is 10.2. The van der Waals surface area contributed by atoms with Gasteiger partial charge in [0.2, 0.25) is 5.91 Å². The maximum atomic E-state index is 13.5. The van der Waals surface area contributed by atoms with Crippen molar-refractivity contribution in [1.82, 2.24) is 4.98 Å². The second-order valence-electron chi connectivity index (χ2n) is 6.09. The molecule has 0 bridgehead atoms. The lowest BCUT2D eigenvalue weighted by Crippen LogP contribution is -2.12. The molecule has 30 heavy (non-hydrogen) atoms. The van der Waals surface area contributed by atoms with E-state index in [1.807, 2.05) is 0 Å². The standard InChI is InChI=1S/C21H15ClFN5O2/c1-2-30-19-9-17-14(8-18(19)28-20(29)5-6-24)21(12(10-25)11-26-17)27-13-3-4-16(23)15(22)7-13/h3-4,7-9,11H,2,5H2,1H3,(H,26,27)(H,28,29). The number of hydrogen-bond acceptors (Lipinski definition) is 6. The Hall–Kier alpha value is -3.88. The molecule has 150 valence electrons. The number of benzene rings is 2. The minimum Gasteiger partial charge on any atom is -0.492 e. The highest BCUT2D eigenvalue weighted by Crippen LogP contribution is 2.36. The second-order valence-corrected chi connectivity index (χ2v) is 6.50. The molecule has 7 nitrogen and oxygen atoms in total. The average Bonchev–Trinajstić information content (AvgIpc) is 2.72. The first-order valence-corrected chi connectivity index (χ1v) is 9.23. The molecular weight excluding hydrogens is 409 g/mol. The van der Waals surface area contributed by atoms with Gasteiger partial charge >= 0.3 is 0 Å². The molecule has 3 rings (SSSR count). The zero-order valence-corrected chi connectivity index (χ0v) is 16.5. The number of amides is 1. The van der Waals surface area contributed by atoms with Gasteiger partial charge in [0.15, 0.2) is 0 Å². The van der Waals surface area contributed by atoms with E-state index in [0.717, 1.165) is 0 Å². The van der Waals surface area contributed by atoms with Crippen LogP contribution in [0.3, 0.4) is 0 Å². The Labute approximate surface area is 176 Å². The Morgan fingerprint density at radius 1 is 1.30 bits per heavy atom. The van der Waals surface area contributed by atoms with Gasteiger partial charge in [0.05, 0.1) is 40.2 Å². The smallest absolute Gasteiger partial charge is 0.238 e. The molecule has 0 spiro atoms. The van der Waals surface area contributed by atoms with E-state index in [4.69, 9.17) is 21.6 Å². The van der Waals surface area contributed by atoms with Crippen molar-refractivity contribution in [3.05, 3.63) is 52.9 Å². The fourth-order valence-corrected chi connectivity index (χ4v) is 2.98. The van der Waals surface area contributed by atoms with Crippen LogP contribution in [0.5, 0.6) is 5.75 Å². The number of nitrogens with zero attached hydrogens (tertiary/aromatic N) is 3. The number of nitriles is 2. The first kappa shape index (κ1) is 20.8. The van der Waals surface area contributed by atoms with Crippen molar-refractivity contribution in [3.8, 4) is 17.9 Å². The molecule has 3 aromatic rings. The third-order valence-corrected chi connectivity index (χ3v) is 4.38. The van der Waals surface area contributed by atoms with Gasteiger partial charge in [-0.25, -0.2) is 4.39 Å². The van der Waals surface area contributed by atoms with Gasteiger partial charge in [-0.1, -0.05) is 11.6 Å². The van der Waals surface area contributed by atoms with Gasteiger partial charge in [-0.15, -0.1) is 0 Å². The number of carbonyl (C=O) groups is 1. The van der Waals surface area contributed by atoms with Crippen molar-refractivity contribution < 1.29 is 13.9 Å². The molecule has 0 atom stereocenters. The van der Waals surface area contributed by atoms with Crippen LogP contribution in [0.15, 0.2) is 36.5 Å². The molecule has 0 saturated heterocycles. The van der Waals surface area contributed by atoms with Gasteiger partial charge in [0.25, 0.3) is 0 Å². The van der Waals surface area contributed by atoms with Crippen molar-refractivity contribution in [1.29, 1.82) is 10.5 Å². The minimum atomic E-state index is -0.564. The van der Waals surface area contributed by atoms with Crippen molar-refractivity contribution in [2.24, 2.45) is 0 Å². The number of aromatic nitrogens is 1. The van der Waals surface area contributed by atoms with Crippen LogP contribution >= 0.6 is 11.6 Å². The molecule has 0 aliphatic carbocycles. The number of anilines is 3. The van der Waals surface area contributed by atoms with Crippen LogP contribution < -0.4 is 15.4 Å². The number of nitrogens with one attached hydrogen (secondary N) is 2. The molecule has 1 heterocycles. The SMILES string of the molecule is CCOc1cc2ncc(C#N)c(Nc3ccc(F)c(Cl)c3)c2cc1NC(=O)CC#N. The third kappa shape index (κ3) is 4.40. The summed E-state index contributed by atoms with van der Waals surface area (Å²) in [6, 6.07) is 11.2. The van der Waals surface area contributed by atoms with Gasteiger partial charge in [0.1, 0.15) is 24.1 Å². The highest BCUT2D eigenvalue weighted by molar-refractivity contribution is 6.31. The van der Waals surface area contributed by atoms with E-state index in [1.54, 1.807) is 25.1 Å². The Bertz CT molecular complexity index is 1220. The lowest BCUT2D eigenvalue weighted by Gasteiger charge is -2.16. The van der Waals surface area contributed by atoms with Gasteiger partial charge in [-0.3, -0.25) is 9.78 Å². The lowest BCUT2D eigenvalue weighted by atomic mass is 10.1. The quantitative estimate of drug-likeness (QED) is 0.583. The van der Waals surface area contributed by atoms with E-state index >= 15 is 0 Å². The Morgan fingerprint density at radius 2 is 2.10 bits per heavy atom. The van der Waals surface area contributed by atoms with Crippen LogP contribution in [0, 0.1) is 28.5 Å². The largest absolute Gasteiger partial charge is 0.492 e. The van der Waals surface area contributed by atoms with E-state index in [1.165, 1.54) is 24.4 Å². The number of rotatable bonds is 6. The molecule has 0 radical (unpaired) electrons. The van der Waals surface area contributed by atoms with Crippen LogP contribution in [0.4, 0.5) is 21.5 Å². The topological polar surface area (TPSA) is 111 Å². The first-order valence-electron chi connectivity index (χ1n) is 8.85. The summed E-state index contributed by atoms with van der Waals surface area (Å²) < 4.78 is 19.1. The zero-order chi connectivity index (χ0) is 21.7. The maximum absolute atomic E-state index is 13.5. The van der Waals surface area contributed by atoms with Crippen molar-refractivity contribution in [2.45, 2.75) is 13.3 Å².